The Bertz CT molecular complexity index is 812. The van der Waals surface area contributed by atoms with E-state index in [4.69, 9.17) is 0 Å². The zero-order chi connectivity index (χ0) is 16.4. The standard InChI is InChI=1S/C16H15F3N4.2ClH/c1-2-15-20-6-7-22(15)9-13-10-23(11-21-13)14-5-3-4-12(8-14)16(17,18)19;;/h3-8,10-11H,2,9H2,1H3;2*1H. The second kappa shape index (κ2) is 8.40. The van der Waals surface area contributed by atoms with Crippen LogP contribution in [0.15, 0.2) is 49.2 Å². The summed E-state index contributed by atoms with van der Waals surface area (Å²) < 4.78 is 41.9. The average molecular weight is 393 g/mol. The molecule has 0 amide bonds. The van der Waals surface area contributed by atoms with Crippen molar-refractivity contribution in [2.24, 2.45) is 0 Å². The lowest BCUT2D eigenvalue weighted by Crippen LogP contribution is -2.05. The van der Waals surface area contributed by atoms with Crippen LogP contribution >= 0.6 is 24.8 Å². The van der Waals surface area contributed by atoms with Gasteiger partial charge in [0.25, 0.3) is 0 Å². The molecule has 3 rings (SSSR count). The highest BCUT2D eigenvalue weighted by molar-refractivity contribution is 5.85. The van der Waals surface area contributed by atoms with Crippen molar-refractivity contribution in [2.45, 2.75) is 26.1 Å². The molecule has 0 fully saturated rings. The minimum atomic E-state index is -4.35. The molecule has 0 atom stereocenters. The Labute approximate surface area is 155 Å². The van der Waals surface area contributed by atoms with Gasteiger partial charge in [-0.05, 0) is 18.2 Å². The zero-order valence-electron chi connectivity index (χ0n) is 13.3. The van der Waals surface area contributed by atoms with Crippen LogP contribution in [0.5, 0.6) is 0 Å². The van der Waals surface area contributed by atoms with Crippen LogP contribution in [0.1, 0.15) is 24.0 Å². The predicted octanol–water partition coefficient (Wildman–Crippen LogP) is 4.54. The highest BCUT2D eigenvalue weighted by atomic mass is 35.5. The molecule has 0 aliphatic heterocycles. The molecule has 0 bridgehead atoms. The molecule has 0 radical (unpaired) electrons. The Kier molecular flexibility index (Phi) is 7.07. The van der Waals surface area contributed by atoms with Gasteiger partial charge < -0.3 is 9.13 Å². The van der Waals surface area contributed by atoms with Gasteiger partial charge in [0.15, 0.2) is 0 Å². The number of aromatic nitrogens is 4. The van der Waals surface area contributed by atoms with E-state index >= 15 is 0 Å². The molecule has 0 aliphatic carbocycles. The number of halogens is 5. The van der Waals surface area contributed by atoms with Gasteiger partial charge in [0, 0.05) is 30.7 Å². The topological polar surface area (TPSA) is 35.6 Å². The van der Waals surface area contributed by atoms with E-state index in [0.29, 0.717) is 12.2 Å². The number of benzene rings is 1. The molecule has 3 aromatic rings. The average Bonchev–Trinajstić information content (AvgIpc) is 3.16. The quantitative estimate of drug-likeness (QED) is 0.653. The van der Waals surface area contributed by atoms with Gasteiger partial charge in [-0.2, -0.15) is 13.2 Å². The second-order valence-electron chi connectivity index (χ2n) is 5.15. The summed E-state index contributed by atoms with van der Waals surface area (Å²) in [6.07, 6.45) is 3.29. The molecule has 1 aromatic carbocycles. The SMILES string of the molecule is CCc1nccn1Cc1cn(-c2cccc(C(F)(F)F)c2)cn1.Cl.Cl. The van der Waals surface area contributed by atoms with Crippen molar-refractivity contribution in [1.82, 2.24) is 19.1 Å². The minimum absolute atomic E-state index is 0. The van der Waals surface area contributed by atoms with Crippen LogP contribution in [0.2, 0.25) is 0 Å². The summed E-state index contributed by atoms with van der Waals surface area (Å²) in [4.78, 5) is 8.51. The monoisotopic (exact) mass is 392 g/mol. The predicted molar refractivity (Wildman–Crippen MR) is 93.8 cm³/mol. The fourth-order valence-corrected chi connectivity index (χ4v) is 2.40. The third-order valence-electron chi connectivity index (χ3n) is 3.56. The van der Waals surface area contributed by atoms with Gasteiger partial charge in [-0.25, -0.2) is 9.97 Å². The number of rotatable bonds is 4. The van der Waals surface area contributed by atoms with Crippen molar-refractivity contribution in [3.63, 3.8) is 0 Å². The molecule has 0 aliphatic rings. The maximum Gasteiger partial charge on any atom is 0.416 e. The first kappa shape index (κ1) is 21.1. The van der Waals surface area contributed by atoms with E-state index in [1.54, 1.807) is 23.0 Å². The van der Waals surface area contributed by atoms with Gasteiger partial charge in [-0.3, -0.25) is 0 Å². The Morgan fingerprint density at radius 1 is 1.12 bits per heavy atom. The summed E-state index contributed by atoms with van der Waals surface area (Å²) in [7, 11) is 0. The van der Waals surface area contributed by atoms with E-state index in [9.17, 15) is 13.2 Å². The molecule has 2 heterocycles. The third-order valence-corrected chi connectivity index (χ3v) is 3.56. The lowest BCUT2D eigenvalue weighted by atomic mass is 10.2. The first-order valence-electron chi connectivity index (χ1n) is 7.18. The van der Waals surface area contributed by atoms with Crippen molar-refractivity contribution in [1.29, 1.82) is 0 Å². The Hall–Kier alpha value is -1.99. The van der Waals surface area contributed by atoms with Crippen LogP contribution in [-0.2, 0) is 19.1 Å². The zero-order valence-corrected chi connectivity index (χ0v) is 14.9. The van der Waals surface area contributed by atoms with Crippen LogP contribution in [-0.4, -0.2) is 19.1 Å². The molecule has 0 unspecified atom stereocenters. The minimum Gasteiger partial charge on any atom is -0.329 e. The maximum atomic E-state index is 12.8. The lowest BCUT2D eigenvalue weighted by molar-refractivity contribution is -0.137. The largest absolute Gasteiger partial charge is 0.416 e. The summed E-state index contributed by atoms with van der Waals surface area (Å²) in [5, 5.41) is 0. The molecular weight excluding hydrogens is 376 g/mol. The van der Waals surface area contributed by atoms with Gasteiger partial charge >= 0.3 is 6.18 Å². The van der Waals surface area contributed by atoms with Crippen molar-refractivity contribution < 1.29 is 13.2 Å². The molecular formula is C16H17Cl2F3N4. The van der Waals surface area contributed by atoms with Crippen molar-refractivity contribution in [3.05, 3.63) is 66.3 Å². The summed E-state index contributed by atoms with van der Waals surface area (Å²) in [6, 6.07) is 5.18. The van der Waals surface area contributed by atoms with Crippen molar-refractivity contribution >= 4 is 24.8 Å². The van der Waals surface area contributed by atoms with Crippen LogP contribution in [0.25, 0.3) is 5.69 Å². The van der Waals surface area contributed by atoms with Crippen molar-refractivity contribution in [2.75, 3.05) is 0 Å². The summed E-state index contributed by atoms with van der Waals surface area (Å²) in [6.45, 7) is 2.55. The fraction of sp³-hybridized carbons (Fsp3) is 0.250. The van der Waals surface area contributed by atoms with Gasteiger partial charge in [0.2, 0.25) is 0 Å². The van der Waals surface area contributed by atoms with Gasteiger partial charge in [0.1, 0.15) is 5.82 Å². The van der Waals surface area contributed by atoms with Gasteiger partial charge in [-0.1, -0.05) is 13.0 Å². The number of aryl methyl sites for hydroxylation is 1. The van der Waals surface area contributed by atoms with E-state index in [0.717, 1.165) is 30.1 Å². The third kappa shape index (κ3) is 4.76. The fourth-order valence-electron chi connectivity index (χ4n) is 2.40. The van der Waals surface area contributed by atoms with Gasteiger partial charge in [-0.15, -0.1) is 24.8 Å². The number of imidazole rings is 2. The number of hydrogen-bond donors (Lipinski definition) is 0. The molecule has 2 aromatic heterocycles. The van der Waals surface area contributed by atoms with Crippen LogP contribution in [0.3, 0.4) is 0 Å². The highest BCUT2D eigenvalue weighted by Gasteiger charge is 2.30. The van der Waals surface area contributed by atoms with E-state index in [1.165, 1.54) is 12.4 Å². The van der Waals surface area contributed by atoms with E-state index in [-0.39, 0.29) is 24.8 Å². The summed E-state index contributed by atoms with van der Waals surface area (Å²) in [5.41, 5.74) is 0.517. The number of nitrogens with zero attached hydrogens (tertiary/aromatic N) is 4. The molecule has 0 saturated heterocycles. The molecule has 4 nitrogen and oxygen atoms in total. The molecule has 0 N–H and O–H groups in total. The van der Waals surface area contributed by atoms with Crippen LogP contribution in [0, 0.1) is 0 Å². The first-order valence-corrected chi connectivity index (χ1v) is 7.18. The molecule has 0 spiro atoms. The Morgan fingerprint density at radius 2 is 1.88 bits per heavy atom. The molecule has 0 saturated carbocycles. The van der Waals surface area contributed by atoms with Crippen molar-refractivity contribution in [3.8, 4) is 5.69 Å². The maximum absolute atomic E-state index is 12.8. The first-order chi connectivity index (χ1) is 11.0. The van der Waals surface area contributed by atoms with Gasteiger partial charge in [0.05, 0.1) is 24.1 Å². The smallest absolute Gasteiger partial charge is 0.329 e. The highest BCUT2D eigenvalue weighted by Crippen LogP contribution is 2.30. The number of hydrogen-bond acceptors (Lipinski definition) is 2. The number of alkyl halides is 3. The Morgan fingerprint density at radius 3 is 2.56 bits per heavy atom. The summed E-state index contributed by atoms with van der Waals surface area (Å²) >= 11 is 0. The lowest BCUT2D eigenvalue weighted by Gasteiger charge is -2.09. The van der Waals surface area contributed by atoms with E-state index in [2.05, 4.69) is 9.97 Å². The normalized spacial score (nSPS) is 10.9. The molecule has 25 heavy (non-hydrogen) atoms. The van der Waals surface area contributed by atoms with E-state index in [1.807, 2.05) is 17.7 Å². The van der Waals surface area contributed by atoms with Crippen LogP contribution < -0.4 is 0 Å². The molecule has 9 heteroatoms. The van der Waals surface area contributed by atoms with Crippen LogP contribution in [0.4, 0.5) is 13.2 Å². The molecule has 136 valence electrons. The van der Waals surface area contributed by atoms with E-state index < -0.39 is 11.7 Å². The summed E-state index contributed by atoms with van der Waals surface area (Å²) in [5.74, 6) is 0.943. The second-order valence-corrected chi connectivity index (χ2v) is 5.15. The Balaban J connectivity index is 0.00000156.